The maximum absolute atomic E-state index is 12.4. The highest BCUT2D eigenvalue weighted by Gasteiger charge is 2.18. The molecule has 2 aromatic rings. The zero-order valence-corrected chi connectivity index (χ0v) is 18.3. The fourth-order valence-corrected chi connectivity index (χ4v) is 4.79. The number of nitrogens with one attached hydrogen (secondary N) is 1. The summed E-state index contributed by atoms with van der Waals surface area (Å²) in [5.41, 5.74) is 2.91. The molecule has 30 heavy (non-hydrogen) atoms. The lowest BCUT2D eigenvalue weighted by Gasteiger charge is -2.07. The molecule has 160 valence electrons. The molecule has 0 unspecified atom stereocenters. The summed E-state index contributed by atoms with van der Waals surface area (Å²) in [5, 5.41) is 2.77. The van der Waals surface area contributed by atoms with Gasteiger partial charge in [-0.2, -0.15) is 0 Å². The number of aryl methyl sites for hydroxylation is 3. The van der Waals surface area contributed by atoms with Crippen LogP contribution in [0.3, 0.4) is 0 Å². The van der Waals surface area contributed by atoms with Crippen LogP contribution in [0.2, 0.25) is 0 Å². The summed E-state index contributed by atoms with van der Waals surface area (Å²) < 4.78 is 5.30. The highest BCUT2D eigenvalue weighted by molar-refractivity contribution is 7.14. The van der Waals surface area contributed by atoms with Gasteiger partial charge in [-0.15, -0.1) is 11.3 Å². The van der Waals surface area contributed by atoms with E-state index in [1.165, 1.54) is 54.4 Å². The van der Waals surface area contributed by atoms with Gasteiger partial charge in [0.1, 0.15) is 4.88 Å². The van der Waals surface area contributed by atoms with Gasteiger partial charge in [0, 0.05) is 23.9 Å². The second-order valence-corrected chi connectivity index (χ2v) is 8.89. The van der Waals surface area contributed by atoms with Crippen molar-refractivity contribution in [3.8, 4) is 0 Å². The van der Waals surface area contributed by atoms with Gasteiger partial charge in [0.25, 0.3) is 0 Å². The largest absolute Gasteiger partial charge is 0.453 e. The van der Waals surface area contributed by atoms with Crippen LogP contribution in [-0.4, -0.2) is 30.8 Å². The van der Waals surface area contributed by atoms with E-state index >= 15 is 0 Å². The van der Waals surface area contributed by atoms with Crippen molar-refractivity contribution < 1.29 is 19.1 Å². The summed E-state index contributed by atoms with van der Waals surface area (Å²) in [6, 6.07) is 9.29. The monoisotopic (exact) mass is 427 g/mol. The van der Waals surface area contributed by atoms with E-state index in [0.717, 1.165) is 31.2 Å². The number of amides is 1. The van der Waals surface area contributed by atoms with Gasteiger partial charge in [-0.05, 0) is 55.7 Å². The van der Waals surface area contributed by atoms with Crippen molar-refractivity contribution >= 4 is 29.0 Å². The molecule has 1 aliphatic rings. The molecule has 6 heteroatoms. The van der Waals surface area contributed by atoms with E-state index in [2.05, 4.69) is 5.32 Å². The first-order valence-corrected chi connectivity index (χ1v) is 11.5. The van der Waals surface area contributed by atoms with Gasteiger partial charge in [0.05, 0.1) is 0 Å². The van der Waals surface area contributed by atoms with E-state index in [1.54, 1.807) is 12.1 Å². The quantitative estimate of drug-likeness (QED) is 0.382. The number of benzene rings is 1. The maximum Gasteiger partial charge on any atom is 0.348 e. The van der Waals surface area contributed by atoms with Crippen LogP contribution in [0.25, 0.3) is 0 Å². The Balaban J connectivity index is 1.48. The lowest BCUT2D eigenvalue weighted by molar-refractivity contribution is -0.118. The van der Waals surface area contributed by atoms with E-state index in [0.29, 0.717) is 17.0 Å². The summed E-state index contributed by atoms with van der Waals surface area (Å²) in [4.78, 5) is 37.6. The topological polar surface area (TPSA) is 72.5 Å². The predicted molar refractivity (Wildman–Crippen MR) is 118 cm³/mol. The molecule has 0 fully saturated rings. The smallest absolute Gasteiger partial charge is 0.348 e. The standard InChI is InChI=1S/C24H29NO4S/c1-17(26)25-14-6-7-18-10-12-19(13-11-18)21(27)16-29-24(28)23-15-20-8-4-2-3-5-9-22(20)30-23/h10-13,15H,2-9,14,16H2,1H3,(H,25,26). The third-order valence-corrected chi connectivity index (χ3v) is 6.54. The van der Waals surface area contributed by atoms with Crippen LogP contribution in [0.4, 0.5) is 0 Å². The SMILES string of the molecule is CC(=O)NCCCc1ccc(C(=O)COC(=O)c2cc3c(s2)CCCCCC3)cc1. The lowest BCUT2D eigenvalue weighted by Crippen LogP contribution is -2.21. The number of rotatable bonds is 8. The maximum atomic E-state index is 12.4. The zero-order valence-electron chi connectivity index (χ0n) is 17.5. The zero-order chi connectivity index (χ0) is 21.3. The molecule has 5 nitrogen and oxygen atoms in total. The first-order chi connectivity index (χ1) is 14.5. The second kappa shape index (κ2) is 11.1. The second-order valence-electron chi connectivity index (χ2n) is 7.76. The molecule has 3 rings (SSSR count). The van der Waals surface area contributed by atoms with Crippen molar-refractivity contribution in [2.24, 2.45) is 0 Å². The summed E-state index contributed by atoms with van der Waals surface area (Å²) in [7, 11) is 0. The summed E-state index contributed by atoms with van der Waals surface area (Å²) >= 11 is 1.51. The molecule has 1 N–H and O–H groups in total. The minimum atomic E-state index is -0.408. The number of Topliss-reactive ketones (excluding diaryl/α,β-unsaturated/α-hetero) is 1. The van der Waals surface area contributed by atoms with Crippen molar-refractivity contribution in [1.29, 1.82) is 0 Å². The van der Waals surface area contributed by atoms with Gasteiger partial charge in [0.15, 0.2) is 12.4 Å². The van der Waals surface area contributed by atoms with E-state index < -0.39 is 5.97 Å². The van der Waals surface area contributed by atoms with Crippen molar-refractivity contribution in [3.63, 3.8) is 0 Å². The van der Waals surface area contributed by atoms with Gasteiger partial charge >= 0.3 is 5.97 Å². The van der Waals surface area contributed by atoms with Crippen LogP contribution in [0.15, 0.2) is 30.3 Å². The Labute approximate surface area is 181 Å². The molecule has 0 radical (unpaired) electrons. The van der Waals surface area contributed by atoms with Crippen molar-refractivity contribution in [2.75, 3.05) is 13.2 Å². The summed E-state index contributed by atoms with van der Waals surface area (Å²) in [5.74, 6) is -0.642. The summed E-state index contributed by atoms with van der Waals surface area (Å²) in [6.07, 6.45) is 8.56. The van der Waals surface area contributed by atoms with Gasteiger partial charge in [-0.1, -0.05) is 37.1 Å². The minimum absolute atomic E-state index is 0.0285. The normalized spacial score (nSPS) is 13.6. The van der Waals surface area contributed by atoms with E-state index in [4.69, 9.17) is 4.74 Å². The predicted octanol–water partition coefficient (Wildman–Crippen LogP) is 4.52. The average Bonchev–Trinajstić information content (AvgIpc) is 3.11. The van der Waals surface area contributed by atoms with Crippen molar-refractivity contribution in [1.82, 2.24) is 5.32 Å². The van der Waals surface area contributed by atoms with Crippen molar-refractivity contribution in [2.45, 2.75) is 58.3 Å². The summed E-state index contributed by atoms with van der Waals surface area (Å²) in [6.45, 7) is 1.89. The van der Waals surface area contributed by atoms with Crippen LogP contribution >= 0.6 is 11.3 Å². The molecule has 1 aromatic heterocycles. The number of fused-ring (bicyclic) bond motifs is 1. The van der Waals surface area contributed by atoms with E-state index in [-0.39, 0.29) is 18.3 Å². The molecule has 1 aromatic carbocycles. The highest BCUT2D eigenvalue weighted by atomic mass is 32.1. The number of esters is 1. The number of ether oxygens (including phenoxy) is 1. The van der Waals surface area contributed by atoms with Gasteiger partial charge in [-0.25, -0.2) is 4.79 Å². The third kappa shape index (κ3) is 6.52. The Morgan fingerprint density at radius 3 is 2.50 bits per heavy atom. The molecule has 1 aliphatic carbocycles. The molecular formula is C24H29NO4S. The fourth-order valence-electron chi connectivity index (χ4n) is 3.64. The Bertz CT molecular complexity index is 860. The number of hydrogen-bond donors (Lipinski definition) is 1. The lowest BCUT2D eigenvalue weighted by atomic mass is 10.00. The first-order valence-electron chi connectivity index (χ1n) is 10.7. The minimum Gasteiger partial charge on any atom is -0.453 e. The first kappa shape index (κ1) is 22.2. The molecule has 0 spiro atoms. The Hall–Kier alpha value is -2.47. The van der Waals surface area contributed by atoms with Gasteiger partial charge in [-0.3, -0.25) is 9.59 Å². The molecule has 0 saturated carbocycles. The molecule has 0 atom stereocenters. The number of carbonyl (C=O) groups is 3. The molecule has 0 bridgehead atoms. The molecule has 1 heterocycles. The van der Waals surface area contributed by atoms with Crippen LogP contribution < -0.4 is 5.32 Å². The van der Waals surface area contributed by atoms with Crippen LogP contribution in [0, 0.1) is 0 Å². The molecular weight excluding hydrogens is 398 g/mol. The van der Waals surface area contributed by atoms with Crippen LogP contribution in [0.1, 0.15) is 75.1 Å². The average molecular weight is 428 g/mol. The Kier molecular flexibility index (Phi) is 8.20. The van der Waals surface area contributed by atoms with E-state index in [9.17, 15) is 14.4 Å². The van der Waals surface area contributed by atoms with Crippen LogP contribution in [-0.2, 0) is 28.8 Å². The van der Waals surface area contributed by atoms with E-state index in [1.807, 2.05) is 18.2 Å². The Morgan fingerprint density at radius 2 is 1.77 bits per heavy atom. The molecule has 0 aliphatic heterocycles. The third-order valence-electron chi connectivity index (χ3n) is 5.32. The molecule has 0 saturated heterocycles. The number of carbonyl (C=O) groups excluding carboxylic acids is 3. The fraction of sp³-hybridized carbons (Fsp3) is 0.458. The molecule has 1 amide bonds. The van der Waals surface area contributed by atoms with Gasteiger partial charge < -0.3 is 10.1 Å². The number of thiophene rings is 1. The number of hydrogen-bond acceptors (Lipinski definition) is 5. The Morgan fingerprint density at radius 1 is 1.03 bits per heavy atom. The van der Waals surface area contributed by atoms with Crippen molar-refractivity contribution in [3.05, 3.63) is 56.8 Å². The van der Waals surface area contributed by atoms with Crippen LogP contribution in [0.5, 0.6) is 0 Å². The number of ketones is 1. The van der Waals surface area contributed by atoms with Gasteiger partial charge in [0.2, 0.25) is 5.91 Å². The highest BCUT2D eigenvalue weighted by Crippen LogP contribution is 2.29.